The summed E-state index contributed by atoms with van der Waals surface area (Å²) in [5.74, 6) is 0.556. The number of aryl methyl sites for hydroxylation is 1. The van der Waals surface area contributed by atoms with Gasteiger partial charge in [0.05, 0.1) is 17.2 Å². The highest BCUT2D eigenvalue weighted by molar-refractivity contribution is 7.09. The molecule has 1 aliphatic rings. The van der Waals surface area contributed by atoms with Crippen molar-refractivity contribution >= 4 is 23.3 Å². The highest BCUT2D eigenvalue weighted by Gasteiger charge is 2.21. The maximum absolute atomic E-state index is 12.4. The molecule has 28 heavy (non-hydrogen) atoms. The monoisotopic (exact) mass is 407 g/mol. The van der Waals surface area contributed by atoms with E-state index in [4.69, 9.17) is 4.74 Å². The van der Waals surface area contributed by atoms with Gasteiger partial charge in [-0.15, -0.1) is 11.3 Å². The number of hydrogen-bond donors (Lipinski definition) is 0. The number of benzene rings is 1. The van der Waals surface area contributed by atoms with E-state index in [0.717, 1.165) is 16.3 Å². The maximum atomic E-state index is 12.4. The summed E-state index contributed by atoms with van der Waals surface area (Å²) in [4.78, 5) is 20.2. The number of ether oxygens (including phenoxy) is 1. The van der Waals surface area contributed by atoms with Crippen LogP contribution in [0.1, 0.15) is 16.3 Å². The Labute approximate surface area is 167 Å². The summed E-state index contributed by atoms with van der Waals surface area (Å²) in [5, 5.41) is 2.95. The number of carbonyl (C=O) groups is 1. The normalized spacial score (nSPS) is 15.5. The first-order valence-electron chi connectivity index (χ1n) is 9.11. The fourth-order valence-electron chi connectivity index (χ4n) is 2.99. The van der Waals surface area contributed by atoms with Gasteiger partial charge in [-0.2, -0.15) is 0 Å². The standard InChI is InChI=1S/C20H23F2N3O2S/c1-15-23-17(14-28-15)13-27-18-5-3-2-4-16(18)6-7-20(26)25-10-8-24(9-11-25)12-19(21)22/h2-7,14,19H,8-13H2,1H3/b7-6+. The molecule has 1 amide bonds. The van der Waals surface area contributed by atoms with E-state index in [0.29, 0.717) is 38.5 Å². The van der Waals surface area contributed by atoms with Crippen LogP contribution in [0.2, 0.25) is 0 Å². The minimum absolute atomic E-state index is 0.123. The number of amides is 1. The molecule has 150 valence electrons. The summed E-state index contributed by atoms with van der Waals surface area (Å²) < 4.78 is 30.7. The third-order valence-corrected chi connectivity index (χ3v) is 5.27. The zero-order chi connectivity index (χ0) is 19.9. The van der Waals surface area contributed by atoms with E-state index in [1.807, 2.05) is 36.6 Å². The van der Waals surface area contributed by atoms with Crippen LogP contribution in [0, 0.1) is 6.92 Å². The summed E-state index contributed by atoms with van der Waals surface area (Å²) in [6.45, 7) is 3.93. The van der Waals surface area contributed by atoms with Gasteiger partial charge in [0.15, 0.2) is 0 Å². The van der Waals surface area contributed by atoms with Gasteiger partial charge in [-0.25, -0.2) is 13.8 Å². The predicted octanol–water partition coefficient (Wildman–Crippen LogP) is 3.45. The fourth-order valence-corrected chi connectivity index (χ4v) is 3.59. The Morgan fingerprint density at radius 3 is 2.71 bits per heavy atom. The molecule has 0 saturated carbocycles. The number of hydrogen-bond acceptors (Lipinski definition) is 5. The lowest BCUT2D eigenvalue weighted by atomic mass is 10.2. The Bertz CT molecular complexity index is 817. The average Bonchev–Trinajstić information content (AvgIpc) is 3.10. The number of alkyl halides is 2. The van der Waals surface area contributed by atoms with Crippen LogP contribution >= 0.6 is 11.3 Å². The summed E-state index contributed by atoms with van der Waals surface area (Å²) in [6, 6.07) is 7.49. The van der Waals surface area contributed by atoms with Gasteiger partial charge in [-0.3, -0.25) is 9.69 Å². The average molecular weight is 407 g/mol. The van der Waals surface area contributed by atoms with Crippen molar-refractivity contribution in [3.05, 3.63) is 52.0 Å². The smallest absolute Gasteiger partial charge is 0.251 e. The van der Waals surface area contributed by atoms with Gasteiger partial charge in [0.1, 0.15) is 12.4 Å². The van der Waals surface area contributed by atoms with E-state index in [9.17, 15) is 13.6 Å². The quantitative estimate of drug-likeness (QED) is 0.660. The molecule has 1 aromatic carbocycles. The molecular formula is C20H23F2N3O2S. The molecule has 0 atom stereocenters. The second kappa shape index (κ2) is 9.75. The molecule has 8 heteroatoms. The van der Waals surface area contributed by atoms with E-state index in [1.165, 1.54) is 6.08 Å². The van der Waals surface area contributed by atoms with Gasteiger partial charge >= 0.3 is 0 Å². The van der Waals surface area contributed by atoms with Gasteiger partial charge in [-0.1, -0.05) is 18.2 Å². The van der Waals surface area contributed by atoms with Gasteiger partial charge in [0.2, 0.25) is 5.91 Å². The van der Waals surface area contributed by atoms with E-state index in [-0.39, 0.29) is 12.5 Å². The van der Waals surface area contributed by atoms with Crippen LogP contribution in [0.3, 0.4) is 0 Å². The van der Waals surface area contributed by atoms with Crippen molar-refractivity contribution in [1.82, 2.24) is 14.8 Å². The van der Waals surface area contributed by atoms with Crippen LogP contribution in [0.25, 0.3) is 6.08 Å². The minimum Gasteiger partial charge on any atom is -0.487 e. The van der Waals surface area contributed by atoms with Crippen LogP contribution in [-0.2, 0) is 11.4 Å². The Morgan fingerprint density at radius 1 is 1.29 bits per heavy atom. The van der Waals surface area contributed by atoms with Gasteiger partial charge in [0.25, 0.3) is 6.43 Å². The molecule has 1 fully saturated rings. The highest BCUT2D eigenvalue weighted by atomic mass is 32.1. The van der Waals surface area contributed by atoms with Gasteiger partial charge in [-0.05, 0) is 19.1 Å². The molecule has 0 aliphatic carbocycles. The summed E-state index contributed by atoms with van der Waals surface area (Å²) in [6.07, 6.45) is 0.903. The van der Waals surface area contributed by atoms with Crippen molar-refractivity contribution in [3.63, 3.8) is 0 Å². The second-order valence-electron chi connectivity index (χ2n) is 6.53. The number of para-hydroxylation sites is 1. The largest absolute Gasteiger partial charge is 0.487 e. The molecule has 0 radical (unpaired) electrons. The van der Waals surface area contributed by atoms with E-state index in [1.54, 1.807) is 27.2 Å². The molecule has 2 aromatic rings. The Morgan fingerprint density at radius 2 is 2.04 bits per heavy atom. The molecular weight excluding hydrogens is 384 g/mol. The van der Waals surface area contributed by atoms with Crippen molar-refractivity contribution in [2.45, 2.75) is 20.0 Å². The van der Waals surface area contributed by atoms with Crippen molar-refractivity contribution < 1.29 is 18.3 Å². The molecule has 0 spiro atoms. The van der Waals surface area contributed by atoms with E-state index in [2.05, 4.69) is 4.98 Å². The zero-order valence-electron chi connectivity index (χ0n) is 15.7. The number of piperazine rings is 1. The molecule has 0 N–H and O–H groups in total. The van der Waals surface area contributed by atoms with Crippen molar-refractivity contribution in [1.29, 1.82) is 0 Å². The molecule has 1 saturated heterocycles. The predicted molar refractivity (Wildman–Crippen MR) is 106 cm³/mol. The van der Waals surface area contributed by atoms with Gasteiger partial charge < -0.3 is 9.64 Å². The molecule has 5 nitrogen and oxygen atoms in total. The van der Waals surface area contributed by atoms with Gasteiger partial charge in [0, 0.05) is 43.2 Å². The number of halogens is 2. The molecule has 0 bridgehead atoms. The molecule has 0 unspecified atom stereocenters. The van der Waals surface area contributed by atoms with Crippen molar-refractivity contribution in [2.75, 3.05) is 32.7 Å². The number of thiazole rings is 1. The van der Waals surface area contributed by atoms with E-state index >= 15 is 0 Å². The molecule has 1 aliphatic heterocycles. The topological polar surface area (TPSA) is 45.7 Å². The Balaban J connectivity index is 1.56. The molecule has 1 aromatic heterocycles. The van der Waals surface area contributed by atoms with Crippen LogP contribution in [-0.4, -0.2) is 59.8 Å². The lowest BCUT2D eigenvalue weighted by Gasteiger charge is -2.33. The van der Waals surface area contributed by atoms with Crippen LogP contribution in [0.5, 0.6) is 5.75 Å². The fraction of sp³-hybridized carbons (Fsp3) is 0.400. The van der Waals surface area contributed by atoms with Crippen LogP contribution < -0.4 is 4.74 Å². The van der Waals surface area contributed by atoms with Crippen LogP contribution in [0.15, 0.2) is 35.7 Å². The lowest BCUT2D eigenvalue weighted by Crippen LogP contribution is -2.49. The first-order valence-corrected chi connectivity index (χ1v) is 9.99. The molecule has 2 heterocycles. The first-order chi connectivity index (χ1) is 13.5. The number of rotatable bonds is 7. The third kappa shape index (κ3) is 5.84. The number of aromatic nitrogens is 1. The maximum Gasteiger partial charge on any atom is 0.251 e. The van der Waals surface area contributed by atoms with E-state index < -0.39 is 6.43 Å². The van der Waals surface area contributed by atoms with Crippen molar-refractivity contribution in [2.24, 2.45) is 0 Å². The summed E-state index contributed by atoms with van der Waals surface area (Å²) in [5.41, 5.74) is 1.68. The van der Waals surface area contributed by atoms with Crippen LogP contribution in [0.4, 0.5) is 8.78 Å². The number of nitrogens with zero attached hydrogens (tertiary/aromatic N) is 3. The highest BCUT2D eigenvalue weighted by Crippen LogP contribution is 2.21. The molecule has 3 rings (SSSR count). The zero-order valence-corrected chi connectivity index (χ0v) is 16.5. The number of carbonyl (C=O) groups excluding carboxylic acids is 1. The third-order valence-electron chi connectivity index (χ3n) is 4.45. The SMILES string of the molecule is Cc1nc(COc2ccccc2/C=C/C(=O)N2CCN(CC(F)F)CC2)cs1. The minimum atomic E-state index is -2.34. The Hall–Kier alpha value is -2.32. The lowest BCUT2D eigenvalue weighted by molar-refractivity contribution is -0.127. The Kier molecular flexibility index (Phi) is 7.11. The first kappa shape index (κ1) is 20.4. The second-order valence-corrected chi connectivity index (χ2v) is 7.60. The van der Waals surface area contributed by atoms with Crippen molar-refractivity contribution in [3.8, 4) is 5.75 Å². The summed E-state index contributed by atoms with van der Waals surface area (Å²) in [7, 11) is 0. The summed E-state index contributed by atoms with van der Waals surface area (Å²) >= 11 is 1.58.